The summed E-state index contributed by atoms with van der Waals surface area (Å²) in [5, 5.41) is 9.93. The number of pyridine rings is 1. The van der Waals surface area contributed by atoms with Gasteiger partial charge in [0.25, 0.3) is 0 Å². The van der Waals surface area contributed by atoms with E-state index < -0.39 is 0 Å². The molecule has 6 heteroatoms. The molecule has 0 aliphatic carbocycles. The normalized spacial score (nSPS) is 10.5. The van der Waals surface area contributed by atoms with Gasteiger partial charge in [-0.05, 0) is 54.8 Å². The van der Waals surface area contributed by atoms with Gasteiger partial charge in [0.2, 0.25) is 0 Å². The van der Waals surface area contributed by atoms with Crippen molar-refractivity contribution < 1.29 is 13.9 Å². The molecule has 0 spiro atoms. The molecular weight excluding hydrogens is 429 g/mol. The third kappa shape index (κ3) is 4.69. The Morgan fingerprint density at radius 2 is 1.71 bits per heavy atom. The fourth-order valence-corrected chi connectivity index (χ4v) is 3.93. The first-order valence-corrected chi connectivity index (χ1v) is 10.9. The SMILES string of the molecule is CCOc1cc(-c2c(C#N)c(N)nc(C)c2-c2ccccc2)ccc1OCc1cccc(F)c1. The lowest BCUT2D eigenvalue weighted by Crippen LogP contribution is -2.04. The van der Waals surface area contributed by atoms with Crippen LogP contribution in [0, 0.1) is 24.1 Å². The highest BCUT2D eigenvalue weighted by atomic mass is 19.1. The summed E-state index contributed by atoms with van der Waals surface area (Å²) in [6.45, 7) is 4.38. The van der Waals surface area contributed by atoms with Crippen molar-refractivity contribution in [3.8, 4) is 39.8 Å². The van der Waals surface area contributed by atoms with Gasteiger partial charge in [0.15, 0.2) is 11.5 Å². The van der Waals surface area contributed by atoms with E-state index in [0.29, 0.717) is 34.8 Å². The fraction of sp³-hybridized carbons (Fsp3) is 0.143. The van der Waals surface area contributed by atoms with Gasteiger partial charge in [-0.2, -0.15) is 5.26 Å². The number of hydrogen-bond donors (Lipinski definition) is 1. The van der Waals surface area contributed by atoms with E-state index in [2.05, 4.69) is 11.1 Å². The monoisotopic (exact) mass is 453 g/mol. The van der Waals surface area contributed by atoms with E-state index >= 15 is 0 Å². The first-order valence-electron chi connectivity index (χ1n) is 10.9. The van der Waals surface area contributed by atoms with Crippen LogP contribution in [0.3, 0.4) is 0 Å². The second-order valence-electron chi connectivity index (χ2n) is 7.70. The Kier molecular flexibility index (Phi) is 6.74. The maximum Gasteiger partial charge on any atom is 0.161 e. The summed E-state index contributed by atoms with van der Waals surface area (Å²) < 4.78 is 25.3. The van der Waals surface area contributed by atoms with Crippen molar-refractivity contribution in [1.82, 2.24) is 4.98 Å². The highest BCUT2D eigenvalue weighted by Crippen LogP contribution is 2.41. The van der Waals surface area contributed by atoms with Gasteiger partial charge >= 0.3 is 0 Å². The number of benzene rings is 3. The van der Waals surface area contributed by atoms with E-state index in [-0.39, 0.29) is 18.2 Å². The van der Waals surface area contributed by atoms with Crippen LogP contribution >= 0.6 is 0 Å². The lowest BCUT2D eigenvalue weighted by Gasteiger charge is -2.18. The smallest absolute Gasteiger partial charge is 0.161 e. The third-order valence-corrected chi connectivity index (χ3v) is 5.40. The van der Waals surface area contributed by atoms with Crippen molar-refractivity contribution in [3.63, 3.8) is 0 Å². The maximum absolute atomic E-state index is 13.5. The number of rotatable bonds is 7. The Bertz CT molecular complexity index is 1360. The van der Waals surface area contributed by atoms with Crippen LogP contribution in [0.1, 0.15) is 23.7 Å². The molecule has 1 aromatic heterocycles. The Morgan fingerprint density at radius 1 is 0.912 bits per heavy atom. The molecule has 0 atom stereocenters. The van der Waals surface area contributed by atoms with Crippen LogP contribution in [0.2, 0.25) is 0 Å². The van der Waals surface area contributed by atoms with Gasteiger partial charge in [-0.15, -0.1) is 0 Å². The average molecular weight is 454 g/mol. The average Bonchev–Trinajstić information content (AvgIpc) is 2.83. The van der Waals surface area contributed by atoms with Gasteiger partial charge in [0.1, 0.15) is 29.9 Å². The van der Waals surface area contributed by atoms with Crippen molar-refractivity contribution in [2.45, 2.75) is 20.5 Å². The molecule has 0 radical (unpaired) electrons. The summed E-state index contributed by atoms with van der Waals surface area (Å²) in [5.74, 6) is 0.907. The molecule has 0 aliphatic heterocycles. The minimum atomic E-state index is -0.315. The molecule has 0 saturated heterocycles. The largest absolute Gasteiger partial charge is 0.490 e. The summed E-state index contributed by atoms with van der Waals surface area (Å²) in [7, 11) is 0. The number of hydrogen-bond acceptors (Lipinski definition) is 5. The Balaban J connectivity index is 1.82. The number of nitrogens with zero attached hydrogens (tertiary/aromatic N) is 2. The number of aromatic nitrogens is 1. The minimum Gasteiger partial charge on any atom is -0.490 e. The van der Waals surface area contributed by atoms with Crippen molar-refractivity contribution in [3.05, 3.63) is 95.4 Å². The van der Waals surface area contributed by atoms with Crippen LogP contribution in [0.25, 0.3) is 22.3 Å². The van der Waals surface area contributed by atoms with Crippen LogP contribution in [0.4, 0.5) is 10.2 Å². The third-order valence-electron chi connectivity index (χ3n) is 5.40. The second kappa shape index (κ2) is 10.1. The Labute approximate surface area is 198 Å². The predicted molar refractivity (Wildman–Crippen MR) is 131 cm³/mol. The first-order chi connectivity index (χ1) is 16.5. The molecule has 4 rings (SSSR count). The number of aryl methyl sites for hydroxylation is 1. The van der Waals surface area contributed by atoms with Crippen molar-refractivity contribution in [2.24, 2.45) is 0 Å². The number of nitrogens with two attached hydrogens (primary N) is 1. The molecule has 4 aromatic rings. The first kappa shape index (κ1) is 22.8. The zero-order chi connectivity index (χ0) is 24.1. The van der Waals surface area contributed by atoms with E-state index in [1.165, 1.54) is 12.1 Å². The van der Waals surface area contributed by atoms with E-state index in [9.17, 15) is 9.65 Å². The standard InChI is InChI=1S/C28H24FN3O2/c1-3-33-25-15-21(12-13-24(25)34-17-19-8-7-11-22(29)14-19)27-23(16-30)28(31)32-18(2)26(27)20-9-5-4-6-10-20/h4-15H,3,17H2,1-2H3,(H2,31,32). The minimum absolute atomic E-state index is 0.180. The van der Waals surface area contributed by atoms with Gasteiger partial charge in [0.05, 0.1) is 6.61 Å². The predicted octanol–water partition coefficient (Wildman–Crippen LogP) is 6.29. The lowest BCUT2D eigenvalue weighted by molar-refractivity contribution is 0.269. The lowest BCUT2D eigenvalue weighted by atomic mass is 9.90. The zero-order valence-electron chi connectivity index (χ0n) is 19.0. The van der Waals surface area contributed by atoms with Crippen molar-refractivity contribution >= 4 is 5.82 Å². The molecule has 0 aliphatic rings. The topological polar surface area (TPSA) is 81.2 Å². The van der Waals surface area contributed by atoms with Crippen LogP contribution in [-0.2, 0) is 6.61 Å². The molecule has 34 heavy (non-hydrogen) atoms. The fourth-order valence-electron chi connectivity index (χ4n) is 3.93. The van der Waals surface area contributed by atoms with Gasteiger partial charge in [0, 0.05) is 16.8 Å². The second-order valence-corrected chi connectivity index (χ2v) is 7.70. The summed E-state index contributed by atoms with van der Waals surface area (Å²) >= 11 is 0. The molecule has 0 unspecified atom stereocenters. The molecule has 170 valence electrons. The molecule has 2 N–H and O–H groups in total. The summed E-state index contributed by atoms with van der Waals surface area (Å²) in [6.07, 6.45) is 0. The quantitative estimate of drug-likeness (QED) is 0.355. The van der Waals surface area contributed by atoms with Crippen LogP contribution in [0.5, 0.6) is 11.5 Å². The Hall–Kier alpha value is -4.37. The van der Waals surface area contributed by atoms with Crippen LogP contribution in [-0.4, -0.2) is 11.6 Å². The molecular formula is C28H24FN3O2. The molecule has 3 aromatic carbocycles. The molecule has 0 bridgehead atoms. The van der Waals surface area contributed by atoms with Crippen LogP contribution in [0.15, 0.2) is 72.8 Å². The van der Waals surface area contributed by atoms with Gasteiger partial charge in [-0.3, -0.25) is 0 Å². The summed E-state index contributed by atoms with van der Waals surface area (Å²) in [5.41, 5.74) is 11.1. The zero-order valence-corrected chi connectivity index (χ0v) is 19.0. The van der Waals surface area contributed by atoms with Gasteiger partial charge in [-0.1, -0.05) is 48.5 Å². The van der Waals surface area contributed by atoms with Crippen molar-refractivity contribution in [2.75, 3.05) is 12.3 Å². The molecule has 1 heterocycles. The van der Waals surface area contributed by atoms with Crippen molar-refractivity contribution in [1.29, 1.82) is 5.26 Å². The van der Waals surface area contributed by atoms with E-state index in [1.807, 2.05) is 56.3 Å². The van der Waals surface area contributed by atoms with E-state index in [1.54, 1.807) is 18.2 Å². The number of nitrogen functional groups attached to an aromatic ring is 1. The summed E-state index contributed by atoms with van der Waals surface area (Å²) in [4.78, 5) is 4.42. The van der Waals surface area contributed by atoms with E-state index in [0.717, 1.165) is 22.4 Å². The molecule has 0 saturated carbocycles. The van der Waals surface area contributed by atoms with Gasteiger partial charge < -0.3 is 15.2 Å². The maximum atomic E-state index is 13.5. The van der Waals surface area contributed by atoms with E-state index in [4.69, 9.17) is 15.2 Å². The molecule has 0 fully saturated rings. The molecule has 0 amide bonds. The molecule has 5 nitrogen and oxygen atoms in total. The van der Waals surface area contributed by atoms with Gasteiger partial charge in [-0.25, -0.2) is 9.37 Å². The number of anilines is 1. The highest BCUT2D eigenvalue weighted by Gasteiger charge is 2.21. The number of ether oxygens (including phenoxy) is 2. The van der Waals surface area contributed by atoms with Crippen LogP contribution < -0.4 is 15.2 Å². The Morgan fingerprint density at radius 3 is 2.41 bits per heavy atom. The highest BCUT2D eigenvalue weighted by molar-refractivity contribution is 5.91. The number of halogens is 1. The summed E-state index contributed by atoms with van der Waals surface area (Å²) in [6, 6.07) is 23.8. The number of nitriles is 1.